The van der Waals surface area contributed by atoms with Gasteiger partial charge in [-0.15, -0.1) is 24.8 Å². The summed E-state index contributed by atoms with van der Waals surface area (Å²) in [7, 11) is 0. The first-order valence-electron chi connectivity index (χ1n) is 9.09. The van der Waals surface area contributed by atoms with Crippen LogP contribution in [0.15, 0.2) is 65.1 Å². The first kappa shape index (κ1) is 25.5. The van der Waals surface area contributed by atoms with Crippen molar-refractivity contribution in [2.75, 3.05) is 18.4 Å². The Morgan fingerprint density at radius 2 is 1.67 bits per heavy atom. The first-order valence-corrected chi connectivity index (χ1v) is 9.09. The lowest BCUT2D eigenvalue weighted by Crippen LogP contribution is -2.21. The van der Waals surface area contributed by atoms with E-state index in [0.29, 0.717) is 13.1 Å². The lowest BCUT2D eigenvalue weighted by molar-refractivity contribution is -0.384. The van der Waals surface area contributed by atoms with Gasteiger partial charge in [0.25, 0.3) is 5.69 Å². The van der Waals surface area contributed by atoms with Crippen LogP contribution >= 0.6 is 24.8 Å². The smallest absolute Gasteiger partial charge is 0.269 e. The van der Waals surface area contributed by atoms with Crippen LogP contribution in [0.25, 0.3) is 11.3 Å². The van der Waals surface area contributed by atoms with Crippen LogP contribution in [0, 0.1) is 10.1 Å². The number of nitrogens with zero attached hydrogens (tertiary/aromatic N) is 1. The third-order valence-corrected chi connectivity index (χ3v) is 4.35. The number of anilines is 1. The fourth-order valence-electron chi connectivity index (χ4n) is 2.76. The zero-order chi connectivity index (χ0) is 19.9. The monoisotopic (exact) mass is 453 g/mol. The number of halogens is 2. The molecule has 0 spiro atoms. The summed E-state index contributed by atoms with van der Waals surface area (Å²) in [6, 6.07) is 17.9. The molecule has 0 saturated carbocycles. The van der Waals surface area contributed by atoms with Crippen LogP contribution in [0.4, 0.5) is 11.4 Å². The van der Waals surface area contributed by atoms with Crippen molar-refractivity contribution in [2.24, 2.45) is 0 Å². The van der Waals surface area contributed by atoms with E-state index >= 15 is 0 Å². The molecule has 3 aromatic rings. The van der Waals surface area contributed by atoms with E-state index in [1.54, 1.807) is 19.1 Å². The normalized spacial score (nSPS) is 11.1. The number of nitro benzene ring substituents is 1. The van der Waals surface area contributed by atoms with Crippen LogP contribution in [0.2, 0.25) is 0 Å². The molecule has 0 bridgehead atoms. The summed E-state index contributed by atoms with van der Waals surface area (Å²) in [5.74, 6) is 1.63. The molecule has 1 aromatic heterocycles. The van der Waals surface area contributed by atoms with Crippen LogP contribution in [0.5, 0.6) is 0 Å². The van der Waals surface area contributed by atoms with Gasteiger partial charge in [0, 0.05) is 36.5 Å². The molecule has 2 aromatic carbocycles. The molecule has 0 aliphatic rings. The second-order valence-corrected chi connectivity index (χ2v) is 6.47. The van der Waals surface area contributed by atoms with Crippen molar-refractivity contribution in [1.82, 2.24) is 5.32 Å². The molecule has 0 radical (unpaired) electrons. The maximum absolute atomic E-state index is 10.6. The Bertz CT molecular complexity index is 913. The van der Waals surface area contributed by atoms with Crippen LogP contribution in [-0.2, 0) is 6.54 Å². The molecule has 162 valence electrons. The molecule has 0 amide bonds. The molecule has 1 heterocycles. The van der Waals surface area contributed by atoms with E-state index in [0.717, 1.165) is 34.9 Å². The number of nitrogens with one attached hydrogen (secondary N) is 2. The Morgan fingerprint density at radius 3 is 2.27 bits per heavy atom. The molecule has 0 aliphatic carbocycles. The SMILES string of the molecule is CC(O)c1ccc(-c2ccc(CNCCNc3ccc([N+](=O)[O-])cc3)o2)cc1.Cl.Cl. The van der Waals surface area contributed by atoms with E-state index in [1.165, 1.54) is 12.1 Å². The number of hydrogen-bond donors (Lipinski definition) is 3. The molecule has 1 atom stereocenters. The highest BCUT2D eigenvalue weighted by Crippen LogP contribution is 2.24. The minimum absolute atomic E-state index is 0. The van der Waals surface area contributed by atoms with Crippen molar-refractivity contribution in [3.8, 4) is 11.3 Å². The highest BCUT2D eigenvalue weighted by molar-refractivity contribution is 5.85. The number of aliphatic hydroxyl groups is 1. The third-order valence-electron chi connectivity index (χ3n) is 4.35. The number of aliphatic hydroxyl groups excluding tert-OH is 1. The predicted octanol–water partition coefficient (Wildman–Crippen LogP) is 4.95. The Hall–Kier alpha value is -2.58. The van der Waals surface area contributed by atoms with Crippen LogP contribution in [0.3, 0.4) is 0 Å². The van der Waals surface area contributed by atoms with Gasteiger partial charge < -0.3 is 20.2 Å². The summed E-state index contributed by atoms with van der Waals surface area (Å²) < 4.78 is 5.86. The van der Waals surface area contributed by atoms with E-state index < -0.39 is 11.0 Å². The molecule has 1 unspecified atom stereocenters. The Kier molecular flexibility index (Phi) is 10.3. The fraction of sp³-hybridized carbons (Fsp3) is 0.238. The third kappa shape index (κ3) is 7.03. The Balaban J connectivity index is 0.00000225. The molecule has 30 heavy (non-hydrogen) atoms. The lowest BCUT2D eigenvalue weighted by atomic mass is 10.1. The highest BCUT2D eigenvalue weighted by Gasteiger charge is 2.07. The summed E-state index contributed by atoms with van der Waals surface area (Å²) in [4.78, 5) is 10.2. The van der Waals surface area contributed by atoms with Crippen LogP contribution < -0.4 is 10.6 Å². The van der Waals surface area contributed by atoms with E-state index in [9.17, 15) is 15.2 Å². The average molecular weight is 454 g/mol. The van der Waals surface area contributed by atoms with E-state index in [-0.39, 0.29) is 30.5 Å². The topological polar surface area (TPSA) is 101 Å². The molecule has 3 rings (SSSR count). The number of rotatable bonds is 9. The van der Waals surface area contributed by atoms with Crippen molar-refractivity contribution in [1.29, 1.82) is 0 Å². The zero-order valence-electron chi connectivity index (χ0n) is 16.4. The fourth-order valence-corrected chi connectivity index (χ4v) is 2.76. The summed E-state index contributed by atoms with van der Waals surface area (Å²) in [5.41, 5.74) is 2.76. The number of furan rings is 1. The van der Waals surface area contributed by atoms with Gasteiger partial charge >= 0.3 is 0 Å². The maximum Gasteiger partial charge on any atom is 0.269 e. The Morgan fingerprint density at radius 1 is 1.00 bits per heavy atom. The molecule has 9 heteroatoms. The quantitative estimate of drug-likeness (QED) is 0.240. The Labute approximate surface area is 187 Å². The van der Waals surface area contributed by atoms with Crippen molar-refractivity contribution in [3.63, 3.8) is 0 Å². The molecular formula is C21H25Cl2N3O4. The summed E-state index contributed by atoms with van der Waals surface area (Å²) in [5, 5.41) is 26.7. The second-order valence-electron chi connectivity index (χ2n) is 6.47. The molecule has 0 saturated heterocycles. The minimum Gasteiger partial charge on any atom is -0.460 e. The first-order chi connectivity index (χ1) is 13.5. The average Bonchev–Trinajstić information content (AvgIpc) is 3.17. The highest BCUT2D eigenvalue weighted by atomic mass is 35.5. The number of nitro groups is 1. The standard InChI is InChI=1S/C21H23N3O4.2ClH/c1-15(25)16-2-4-17(5-3-16)21-11-10-20(28-21)14-22-12-13-23-18-6-8-19(9-7-18)24(26)27;;/h2-11,15,22-23,25H,12-14H2,1H3;2*1H. The second kappa shape index (κ2) is 12.2. The molecular weight excluding hydrogens is 429 g/mol. The summed E-state index contributed by atoms with van der Waals surface area (Å²) in [6.07, 6.45) is -0.481. The molecule has 0 aliphatic heterocycles. The van der Waals surface area contributed by atoms with E-state index in [1.807, 2.05) is 36.4 Å². The van der Waals surface area contributed by atoms with Gasteiger partial charge in [-0.3, -0.25) is 10.1 Å². The van der Waals surface area contributed by atoms with Crippen LogP contribution in [-0.4, -0.2) is 23.1 Å². The predicted molar refractivity (Wildman–Crippen MR) is 123 cm³/mol. The van der Waals surface area contributed by atoms with Gasteiger partial charge in [-0.05, 0) is 36.8 Å². The van der Waals surface area contributed by atoms with Crippen molar-refractivity contribution >= 4 is 36.2 Å². The largest absolute Gasteiger partial charge is 0.460 e. The van der Waals surface area contributed by atoms with Gasteiger partial charge in [0.2, 0.25) is 0 Å². The van der Waals surface area contributed by atoms with Gasteiger partial charge in [-0.25, -0.2) is 0 Å². The summed E-state index contributed by atoms with van der Waals surface area (Å²) >= 11 is 0. The van der Waals surface area contributed by atoms with Gasteiger partial charge in [-0.1, -0.05) is 24.3 Å². The van der Waals surface area contributed by atoms with Gasteiger partial charge in [-0.2, -0.15) is 0 Å². The number of non-ortho nitro benzene ring substituents is 1. The molecule has 0 fully saturated rings. The minimum atomic E-state index is -0.481. The van der Waals surface area contributed by atoms with Crippen molar-refractivity contribution < 1.29 is 14.4 Å². The van der Waals surface area contributed by atoms with Crippen molar-refractivity contribution in [2.45, 2.75) is 19.6 Å². The number of hydrogen-bond acceptors (Lipinski definition) is 6. The van der Waals surface area contributed by atoms with Gasteiger partial charge in [0.15, 0.2) is 0 Å². The van der Waals surface area contributed by atoms with E-state index in [4.69, 9.17) is 4.42 Å². The van der Waals surface area contributed by atoms with Crippen LogP contribution in [0.1, 0.15) is 24.4 Å². The van der Waals surface area contributed by atoms with Gasteiger partial charge in [0.05, 0.1) is 17.6 Å². The van der Waals surface area contributed by atoms with Crippen molar-refractivity contribution in [3.05, 3.63) is 82.1 Å². The van der Waals surface area contributed by atoms with Gasteiger partial charge in [0.1, 0.15) is 11.5 Å². The zero-order valence-corrected chi connectivity index (χ0v) is 18.0. The van der Waals surface area contributed by atoms with E-state index in [2.05, 4.69) is 10.6 Å². The lowest BCUT2D eigenvalue weighted by Gasteiger charge is -2.07. The molecule has 3 N–H and O–H groups in total. The molecule has 7 nitrogen and oxygen atoms in total. The number of benzene rings is 2. The summed E-state index contributed by atoms with van der Waals surface area (Å²) in [6.45, 7) is 3.75. The maximum atomic E-state index is 10.6.